The predicted molar refractivity (Wildman–Crippen MR) is 315 cm³/mol. The van der Waals surface area contributed by atoms with Crippen molar-refractivity contribution in [2.75, 3.05) is 0 Å². The minimum atomic E-state index is -6.00. The summed E-state index contributed by atoms with van der Waals surface area (Å²) < 4.78 is 201. The van der Waals surface area contributed by atoms with E-state index in [0.717, 1.165) is 6.07 Å². The highest BCUT2D eigenvalue weighted by Gasteiger charge is 2.69. The number of ether oxygens (including phenoxy) is 2. The lowest BCUT2D eigenvalue weighted by molar-refractivity contribution is -0.302. The summed E-state index contributed by atoms with van der Waals surface area (Å²) in [7, 11) is 9.16. The van der Waals surface area contributed by atoms with Crippen LogP contribution in [0.25, 0.3) is 0 Å². The van der Waals surface area contributed by atoms with Gasteiger partial charge in [-0.3, -0.25) is 0 Å². The van der Waals surface area contributed by atoms with Crippen LogP contribution in [0.3, 0.4) is 0 Å². The molecule has 86 heavy (non-hydrogen) atoms. The molecule has 0 saturated carbocycles. The zero-order valence-electron chi connectivity index (χ0n) is 47.5. The van der Waals surface area contributed by atoms with Crippen LogP contribution in [0.2, 0.25) is 19.6 Å². The topological polar surface area (TPSA) is 235 Å². The number of rotatable bonds is 11. The van der Waals surface area contributed by atoms with E-state index in [4.69, 9.17) is 67.4 Å². The van der Waals surface area contributed by atoms with Crippen molar-refractivity contribution in [3.05, 3.63) is 161 Å². The number of nitrogens with zero attached hydrogens (tertiary/aromatic N) is 4. The van der Waals surface area contributed by atoms with Crippen molar-refractivity contribution in [1.82, 2.24) is 8.61 Å². The summed E-state index contributed by atoms with van der Waals surface area (Å²) in [5.41, 5.74) is -2.21. The van der Waals surface area contributed by atoms with Gasteiger partial charge >= 0.3 is 30.3 Å². The highest BCUT2D eigenvalue weighted by molar-refractivity contribution is 8.13. The highest BCUT2D eigenvalue weighted by Crippen LogP contribution is 2.48. The van der Waals surface area contributed by atoms with Gasteiger partial charge in [-0.2, -0.15) is 58.6 Å². The monoisotopic (exact) mass is 1290 g/mol. The summed E-state index contributed by atoms with van der Waals surface area (Å²) >= 11 is 0. The summed E-state index contributed by atoms with van der Waals surface area (Å²) in [5.74, 6) is -3.92. The third-order valence-electron chi connectivity index (χ3n) is 10.4. The average Bonchev–Trinajstić information content (AvgIpc) is 0.810. The number of carbonyl (C=O) groups is 2. The maximum Gasteiger partial charge on any atom is 0.424 e. The molecule has 0 aliphatic rings. The van der Waals surface area contributed by atoms with Gasteiger partial charge < -0.3 is 15.2 Å². The van der Waals surface area contributed by atoms with Crippen molar-refractivity contribution < 1.29 is 83.8 Å². The molecular formula is C51H55B6ClF9N5O10S3Si. The van der Waals surface area contributed by atoms with Crippen LogP contribution >= 0.6 is 10.7 Å². The summed E-state index contributed by atoms with van der Waals surface area (Å²) in [6, 6.07) is 33.2. The minimum absolute atomic E-state index is 0.0526. The van der Waals surface area contributed by atoms with E-state index in [2.05, 4.69) is 0 Å². The number of hydrogen-bond acceptors (Lipinski definition) is 13. The Hall–Kier alpha value is -6.30. The van der Waals surface area contributed by atoms with Crippen molar-refractivity contribution in [2.45, 2.75) is 124 Å². The number of sulfonamides is 2. The third-order valence-corrected chi connectivity index (χ3v) is 16.9. The van der Waals surface area contributed by atoms with E-state index in [1.807, 2.05) is 12.1 Å². The zero-order valence-corrected chi connectivity index (χ0v) is 51.7. The van der Waals surface area contributed by atoms with Gasteiger partial charge in [0.2, 0.25) is 5.54 Å². The first kappa shape index (κ1) is 77.7. The lowest BCUT2D eigenvalue weighted by atomic mass is 8.81. The van der Waals surface area contributed by atoms with Crippen LogP contribution in [0.4, 0.5) is 49.1 Å². The zero-order chi connectivity index (χ0) is 66.9. The van der Waals surface area contributed by atoms with Gasteiger partial charge in [0.05, 0.1) is 51.0 Å². The molecule has 0 saturated heterocycles. The van der Waals surface area contributed by atoms with E-state index < -0.39 is 114 Å². The molecule has 0 atom stereocenters. The highest BCUT2D eigenvalue weighted by atomic mass is 35.7. The number of hydrogen-bond donors (Lipinski definition) is 1. The Labute approximate surface area is 507 Å². The summed E-state index contributed by atoms with van der Waals surface area (Å²) in [5, 5.41) is 17.5. The van der Waals surface area contributed by atoms with Crippen molar-refractivity contribution in [2.24, 2.45) is 5.73 Å². The van der Waals surface area contributed by atoms with Crippen molar-refractivity contribution >= 4 is 104 Å². The Morgan fingerprint density at radius 1 is 0.547 bits per heavy atom. The van der Waals surface area contributed by atoms with E-state index in [-0.39, 0.29) is 37.8 Å². The maximum absolute atomic E-state index is 13.4. The van der Waals surface area contributed by atoms with E-state index in [0.29, 0.717) is 27.6 Å². The molecule has 5 aromatic rings. The van der Waals surface area contributed by atoms with Crippen molar-refractivity contribution in [1.29, 1.82) is 10.5 Å². The molecule has 0 aliphatic carbocycles. The molecule has 5 rings (SSSR count). The van der Waals surface area contributed by atoms with Gasteiger partial charge in [0.1, 0.15) is 11.2 Å². The van der Waals surface area contributed by atoms with Gasteiger partial charge in [-0.1, -0.05) is 105 Å². The molecule has 2 amide bonds. The molecule has 2 N–H and O–H groups in total. The number of nitriles is 2. The van der Waals surface area contributed by atoms with Gasteiger partial charge in [-0.15, -0.1) is 0 Å². The van der Waals surface area contributed by atoms with Gasteiger partial charge in [0, 0.05) is 54.4 Å². The molecule has 0 bridgehead atoms. The molecule has 0 aromatic heterocycles. The first-order valence-electron chi connectivity index (χ1n) is 24.5. The van der Waals surface area contributed by atoms with Crippen LogP contribution in [-0.4, -0.2) is 127 Å². The molecule has 0 spiro atoms. The maximum atomic E-state index is 13.4. The number of benzene rings is 5. The second kappa shape index (κ2) is 31.0. The lowest BCUT2D eigenvalue weighted by Crippen LogP contribution is -2.60. The molecular weight excluding hydrogens is 1240 g/mol. The van der Waals surface area contributed by atoms with Crippen LogP contribution in [-0.2, 0) is 57.2 Å². The number of nitrogens with two attached hydrogens (primary N) is 1. The Kier molecular flexibility index (Phi) is 28.1. The Morgan fingerprint density at radius 2 is 0.849 bits per heavy atom. The number of amides is 2. The van der Waals surface area contributed by atoms with E-state index in [9.17, 15) is 74.4 Å². The molecule has 0 unspecified atom stereocenters. The quantitative estimate of drug-likeness (QED) is 0.0737. The normalized spacial score (nSPS) is 12.1. The smallest absolute Gasteiger partial charge is 0.424 e. The SMILES string of the molecule is CC(C)(C)OC(=O)N(Cc1ccccc1)S(=O)(=O)c1cccc(C#N)c1.CC(C)(C)OC(=O)N(Cc1ccccc1)S(=O)(=O)c1cccc(C(N)(C(F)(F)F)C(F)(F)F)c1.C[Si](C)(C)C(F)(F)F.N#Cc1cccc(S(=O)(=O)Cl)c1.[B]B([B])B([B])[B]. The van der Waals surface area contributed by atoms with E-state index in [1.165, 1.54) is 101 Å². The predicted octanol–water partition coefficient (Wildman–Crippen LogP) is 10.4. The fourth-order valence-corrected chi connectivity index (χ4v) is 9.17. The van der Waals surface area contributed by atoms with Gasteiger partial charge in [0.25, 0.3) is 29.1 Å². The largest absolute Gasteiger partial charge is 0.443 e. The number of alkyl halides is 9. The summed E-state index contributed by atoms with van der Waals surface area (Å²) in [6.45, 7) is 12.4. The first-order chi connectivity index (χ1) is 38.9. The number of halogens is 10. The number of carbonyl (C=O) groups excluding carboxylic acids is 2. The van der Waals surface area contributed by atoms with Crippen LogP contribution < -0.4 is 5.73 Å². The molecule has 35 heteroatoms. The van der Waals surface area contributed by atoms with Crippen LogP contribution in [0.1, 0.15) is 69.4 Å². The van der Waals surface area contributed by atoms with Crippen LogP contribution in [0, 0.1) is 22.7 Å². The Bertz CT molecular complexity index is 3470. The molecule has 454 valence electrons. The molecule has 0 aliphatic heterocycles. The van der Waals surface area contributed by atoms with Gasteiger partial charge in [-0.05, 0) is 107 Å². The molecule has 5 aromatic carbocycles. The summed E-state index contributed by atoms with van der Waals surface area (Å²) in [6.07, 6.45) is -15.5. The molecule has 0 fully saturated rings. The first-order valence-corrected chi connectivity index (χ1v) is 33.2. The second-order valence-electron chi connectivity index (χ2n) is 20.9. The van der Waals surface area contributed by atoms with E-state index >= 15 is 0 Å². The van der Waals surface area contributed by atoms with Crippen LogP contribution in [0.15, 0.2) is 148 Å². The standard InChI is InChI=1S/C21H22F6N2O4S.C19H20N2O4S.C7H4ClNO2S.C4H9F3Si.B6/c1-18(2,3)33-17(30)29(13-14-8-5-4-6-9-14)34(31,32)16-11-7-10-15(12-16)19(28,20(22,23)24)21(25,26)27;1-19(2,3)25-18(22)21(14-15-8-5-4-6-9-15)26(23,24)17-11-7-10-16(12-17)13-20;8-12(10,11)7-3-1-2-6(4-7)5-9;1-8(2,3)4(5,6)7;1-5(2)6(3)4/h4-12H,13,28H2,1-3H3;4-12H,14H2,1-3H3;1-4H;1-3H3;. The molecule has 15 nitrogen and oxygen atoms in total. The Balaban J connectivity index is 0.000000618. The Morgan fingerprint density at radius 3 is 1.13 bits per heavy atom. The molecule has 0 heterocycles. The second-order valence-corrected chi connectivity index (χ2v) is 32.3. The fourth-order valence-electron chi connectivity index (χ4n) is 5.71. The molecule has 8 radical (unpaired) electrons. The van der Waals surface area contributed by atoms with Crippen molar-refractivity contribution in [3.63, 3.8) is 0 Å². The van der Waals surface area contributed by atoms with Crippen LogP contribution in [0.5, 0.6) is 0 Å². The third kappa shape index (κ3) is 24.5. The van der Waals surface area contributed by atoms with Gasteiger partial charge in [0.15, 0.2) is 8.07 Å². The average molecular weight is 1290 g/mol. The minimum Gasteiger partial charge on any atom is -0.443 e. The van der Waals surface area contributed by atoms with E-state index in [1.54, 1.807) is 69.3 Å². The van der Waals surface area contributed by atoms with Crippen molar-refractivity contribution in [3.8, 4) is 12.1 Å². The fraction of sp³-hybridized carbons (Fsp3) is 0.333. The lowest BCUT2D eigenvalue weighted by Gasteiger charge is -2.34. The summed E-state index contributed by atoms with van der Waals surface area (Å²) in [4.78, 5) is 24.1. The van der Waals surface area contributed by atoms with Gasteiger partial charge in [-0.25, -0.2) is 34.8 Å².